The van der Waals surface area contributed by atoms with Gasteiger partial charge in [0.05, 0.1) is 36.4 Å². The highest BCUT2D eigenvalue weighted by molar-refractivity contribution is 5.94. The second kappa shape index (κ2) is 7.59. The van der Waals surface area contributed by atoms with E-state index in [1.807, 2.05) is 36.4 Å². The molecule has 0 aliphatic heterocycles. The normalized spacial score (nSPS) is 10.8. The van der Waals surface area contributed by atoms with Crippen molar-refractivity contribution in [3.8, 4) is 11.4 Å². The van der Waals surface area contributed by atoms with E-state index < -0.39 is 0 Å². The maximum Gasteiger partial charge on any atom is 0.278 e. The standard InChI is InChI=1S/C21H19N5O3/c1-25(13-18-22-16-11-7-6-10-15(16)20(27)23-18)21(28)19-17(29-2)12-26(24-19)14-8-4-3-5-9-14/h3-12H,13H2,1-2H3,(H,22,23,27). The average molecular weight is 389 g/mol. The number of benzene rings is 2. The van der Waals surface area contributed by atoms with Crippen molar-refractivity contribution in [3.63, 3.8) is 0 Å². The Morgan fingerprint density at radius 1 is 1.14 bits per heavy atom. The van der Waals surface area contributed by atoms with Crippen molar-refractivity contribution in [1.29, 1.82) is 0 Å². The lowest BCUT2D eigenvalue weighted by atomic mass is 10.2. The van der Waals surface area contributed by atoms with E-state index in [-0.39, 0.29) is 23.7 Å². The predicted molar refractivity (Wildman–Crippen MR) is 108 cm³/mol. The third kappa shape index (κ3) is 3.60. The van der Waals surface area contributed by atoms with Crippen molar-refractivity contribution in [2.45, 2.75) is 6.54 Å². The molecule has 4 aromatic rings. The number of aromatic amines is 1. The van der Waals surface area contributed by atoms with Crippen molar-refractivity contribution >= 4 is 16.8 Å². The van der Waals surface area contributed by atoms with E-state index in [0.717, 1.165) is 5.69 Å². The highest BCUT2D eigenvalue weighted by atomic mass is 16.5. The molecule has 29 heavy (non-hydrogen) atoms. The number of hydrogen-bond donors (Lipinski definition) is 1. The second-order valence-corrected chi connectivity index (χ2v) is 6.52. The fourth-order valence-electron chi connectivity index (χ4n) is 3.06. The Morgan fingerprint density at radius 3 is 2.62 bits per heavy atom. The molecule has 0 aliphatic carbocycles. The van der Waals surface area contributed by atoms with Gasteiger partial charge >= 0.3 is 0 Å². The maximum absolute atomic E-state index is 13.0. The zero-order valence-corrected chi connectivity index (χ0v) is 16.0. The minimum absolute atomic E-state index is 0.125. The van der Waals surface area contributed by atoms with Crippen molar-refractivity contribution in [2.24, 2.45) is 0 Å². The molecule has 2 aromatic heterocycles. The molecule has 0 spiro atoms. The molecular weight excluding hydrogens is 370 g/mol. The summed E-state index contributed by atoms with van der Waals surface area (Å²) < 4.78 is 6.93. The predicted octanol–water partition coefficient (Wildman–Crippen LogP) is 2.39. The van der Waals surface area contributed by atoms with Crippen LogP contribution in [0.4, 0.5) is 0 Å². The molecule has 0 radical (unpaired) electrons. The third-order valence-corrected chi connectivity index (χ3v) is 4.52. The van der Waals surface area contributed by atoms with Crippen LogP contribution in [0.15, 0.2) is 65.6 Å². The van der Waals surface area contributed by atoms with Gasteiger partial charge in [-0.15, -0.1) is 0 Å². The van der Waals surface area contributed by atoms with Crippen molar-refractivity contribution in [1.82, 2.24) is 24.6 Å². The van der Waals surface area contributed by atoms with Gasteiger partial charge in [-0.3, -0.25) is 9.59 Å². The molecule has 0 aliphatic rings. The highest BCUT2D eigenvalue weighted by Gasteiger charge is 2.22. The molecule has 0 bridgehead atoms. The van der Waals surface area contributed by atoms with E-state index >= 15 is 0 Å². The molecule has 2 aromatic carbocycles. The number of H-pyrrole nitrogens is 1. The number of ether oxygens (including phenoxy) is 1. The molecule has 0 saturated heterocycles. The quantitative estimate of drug-likeness (QED) is 0.566. The smallest absolute Gasteiger partial charge is 0.278 e. The van der Waals surface area contributed by atoms with Gasteiger partial charge in [0.1, 0.15) is 5.82 Å². The first kappa shape index (κ1) is 18.4. The molecule has 0 saturated carbocycles. The molecule has 4 rings (SSSR count). The highest BCUT2D eigenvalue weighted by Crippen LogP contribution is 2.21. The van der Waals surface area contributed by atoms with Gasteiger partial charge in [0, 0.05) is 7.05 Å². The number of methoxy groups -OCH3 is 1. The Kier molecular flexibility index (Phi) is 4.82. The minimum atomic E-state index is -0.340. The molecule has 146 valence electrons. The first-order valence-electron chi connectivity index (χ1n) is 8.99. The third-order valence-electron chi connectivity index (χ3n) is 4.52. The lowest BCUT2D eigenvalue weighted by Gasteiger charge is -2.16. The fourth-order valence-corrected chi connectivity index (χ4v) is 3.06. The van der Waals surface area contributed by atoms with E-state index in [1.54, 1.807) is 36.1 Å². The van der Waals surface area contributed by atoms with E-state index in [0.29, 0.717) is 22.5 Å². The Hall–Kier alpha value is -3.94. The number of carbonyl (C=O) groups is 1. The van der Waals surface area contributed by atoms with Gasteiger partial charge in [-0.1, -0.05) is 30.3 Å². The number of hydrogen-bond acceptors (Lipinski definition) is 5. The number of carbonyl (C=O) groups excluding carboxylic acids is 1. The van der Waals surface area contributed by atoms with Crippen LogP contribution in [0.5, 0.6) is 5.75 Å². The lowest BCUT2D eigenvalue weighted by Crippen LogP contribution is -2.29. The van der Waals surface area contributed by atoms with Gasteiger partial charge in [0.25, 0.3) is 11.5 Å². The number of para-hydroxylation sites is 2. The average Bonchev–Trinajstić information content (AvgIpc) is 3.18. The van der Waals surface area contributed by atoms with Crippen LogP contribution in [-0.2, 0) is 6.54 Å². The largest absolute Gasteiger partial charge is 0.493 e. The molecule has 0 fully saturated rings. The van der Waals surface area contributed by atoms with E-state index in [1.165, 1.54) is 12.0 Å². The summed E-state index contributed by atoms with van der Waals surface area (Å²) in [4.78, 5) is 33.8. The summed E-state index contributed by atoms with van der Waals surface area (Å²) >= 11 is 0. The van der Waals surface area contributed by atoms with Crippen LogP contribution in [0.1, 0.15) is 16.3 Å². The van der Waals surface area contributed by atoms with Gasteiger partial charge in [0.15, 0.2) is 11.4 Å². The Labute approximate surface area is 166 Å². The molecule has 0 atom stereocenters. The van der Waals surface area contributed by atoms with Gasteiger partial charge in [0.2, 0.25) is 0 Å². The van der Waals surface area contributed by atoms with E-state index in [9.17, 15) is 9.59 Å². The number of fused-ring (bicyclic) bond motifs is 1. The van der Waals surface area contributed by atoms with Crippen LogP contribution in [0, 0.1) is 0 Å². The summed E-state index contributed by atoms with van der Waals surface area (Å²) in [6.45, 7) is 0.125. The fraction of sp³-hybridized carbons (Fsp3) is 0.143. The summed E-state index contributed by atoms with van der Waals surface area (Å²) in [7, 11) is 3.12. The van der Waals surface area contributed by atoms with E-state index in [4.69, 9.17) is 4.74 Å². The molecule has 0 unspecified atom stereocenters. The molecule has 8 nitrogen and oxygen atoms in total. The monoisotopic (exact) mass is 389 g/mol. The van der Waals surface area contributed by atoms with Crippen LogP contribution in [0.2, 0.25) is 0 Å². The summed E-state index contributed by atoms with van der Waals surface area (Å²) in [6.07, 6.45) is 1.66. The van der Waals surface area contributed by atoms with Crippen LogP contribution >= 0.6 is 0 Å². The van der Waals surface area contributed by atoms with Gasteiger partial charge in [-0.25, -0.2) is 9.67 Å². The molecule has 2 heterocycles. The topological polar surface area (TPSA) is 93.1 Å². The summed E-state index contributed by atoms with van der Waals surface area (Å²) in [5.74, 6) is 0.420. The Morgan fingerprint density at radius 2 is 1.86 bits per heavy atom. The van der Waals surface area contributed by atoms with Crippen LogP contribution in [0.25, 0.3) is 16.6 Å². The van der Waals surface area contributed by atoms with E-state index in [2.05, 4.69) is 15.1 Å². The summed E-state index contributed by atoms with van der Waals surface area (Å²) in [5, 5.41) is 4.90. The minimum Gasteiger partial charge on any atom is -0.493 e. The second-order valence-electron chi connectivity index (χ2n) is 6.52. The Bertz CT molecular complexity index is 1230. The number of amides is 1. The number of nitrogens with zero attached hydrogens (tertiary/aromatic N) is 4. The van der Waals surface area contributed by atoms with Gasteiger partial charge in [-0.2, -0.15) is 5.10 Å². The summed E-state index contributed by atoms with van der Waals surface area (Å²) in [6, 6.07) is 16.5. The van der Waals surface area contributed by atoms with Crippen LogP contribution in [-0.4, -0.2) is 44.7 Å². The number of aromatic nitrogens is 4. The van der Waals surface area contributed by atoms with Crippen molar-refractivity contribution in [2.75, 3.05) is 14.2 Å². The summed E-state index contributed by atoms with van der Waals surface area (Å²) in [5.41, 5.74) is 1.34. The molecule has 1 amide bonds. The Balaban J connectivity index is 1.61. The molecule has 8 heteroatoms. The number of nitrogens with one attached hydrogen (secondary N) is 1. The first-order chi connectivity index (χ1) is 14.1. The van der Waals surface area contributed by atoms with Crippen molar-refractivity contribution < 1.29 is 9.53 Å². The van der Waals surface area contributed by atoms with Crippen LogP contribution in [0.3, 0.4) is 0 Å². The van der Waals surface area contributed by atoms with Crippen LogP contribution < -0.4 is 10.3 Å². The SMILES string of the molecule is COc1cn(-c2ccccc2)nc1C(=O)N(C)Cc1nc2ccccc2c(=O)[nH]1. The number of rotatable bonds is 5. The lowest BCUT2D eigenvalue weighted by molar-refractivity contribution is 0.0772. The maximum atomic E-state index is 13.0. The van der Waals surface area contributed by atoms with Gasteiger partial charge in [-0.05, 0) is 24.3 Å². The zero-order valence-electron chi connectivity index (χ0n) is 16.0. The zero-order chi connectivity index (χ0) is 20.4. The molecule has 1 N–H and O–H groups in total. The van der Waals surface area contributed by atoms with Crippen molar-refractivity contribution in [3.05, 3.63) is 82.7 Å². The van der Waals surface area contributed by atoms with Gasteiger partial charge < -0.3 is 14.6 Å². The first-order valence-corrected chi connectivity index (χ1v) is 8.99. The molecular formula is C21H19N5O3.